The van der Waals surface area contributed by atoms with Gasteiger partial charge in [-0.2, -0.15) is 0 Å². The van der Waals surface area contributed by atoms with Gasteiger partial charge in [-0.25, -0.2) is 0 Å². The Kier molecular flexibility index (Phi) is 7.12. The molecule has 0 N–H and O–H groups in total. The van der Waals surface area contributed by atoms with Gasteiger partial charge in [-0.05, 0) is 55.6 Å². The van der Waals surface area contributed by atoms with Crippen molar-refractivity contribution in [2.75, 3.05) is 5.52 Å². The van der Waals surface area contributed by atoms with Crippen LogP contribution in [0.5, 0.6) is 5.75 Å². The number of benzene rings is 2. The molecule has 0 aliphatic carbocycles. The summed E-state index contributed by atoms with van der Waals surface area (Å²) >= 11 is 3.38. The van der Waals surface area contributed by atoms with E-state index in [0.29, 0.717) is 28.7 Å². The lowest BCUT2D eigenvalue weighted by Crippen LogP contribution is -2.47. The van der Waals surface area contributed by atoms with E-state index in [2.05, 4.69) is 87.8 Å². The molecule has 138 valence electrons. The molecule has 0 aliphatic rings. The Balaban J connectivity index is 2.36. The third-order valence-corrected chi connectivity index (χ3v) is 11.6. The molecule has 0 spiro atoms. The van der Waals surface area contributed by atoms with E-state index in [4.69, 9.17) is 9.16 Å². The molecule has 2 aromatic rings. The number of fused-ring (bicyclic) bond motifs is 1. The fourth-order valence-electron chi connectivity index (χ4n) is 4.30. The van der Waals surface area contributed by atoms with Crippen LogP contribution >= 0.6 is 15.9 Å². The van der Waals surface area contributed by atoms with Gasteiger partial charge >= 0.3 is 0 Å². The van der Waals surface area contributed by atoms with Crippen molar-refractivity contribution in [3.63, 3.8) is 0 Å². The van der Waals surface area contributed by atoms with E-state index in [-0.39, 0.29) is 0 Å². The number of hydrogen-bond acceptors (Lipinski definition) is 2. The molecule has 0 saturated carbocycles. The van der Waals surface area contributed by atoms with Crippen LogP contribution in [-0.4, -0.2) is 13.8 Å². The van der Waals surface area contributed by atoms with Crippen molar-refractivity contribution in [2.45, 2.75) is 64.8 Å². The molecular weight excluding hydrogens is 392 g/mol. The molecule has 0 bridgehead atoms. The van der Waals surface area contributed by atoms with E-state index in [1.54, 1.807) is 0 Å². The molecule has 0 aromatic heterocycles. The summed E-state index contributed by atoms with van der Waals surface area (Å²) in [5.41, 5.74) is 3.45. The first-order valence-electron chi connectivity index (χ1n) is 9.17. The third kappa shape index (κ3) is 4.29. The Morgan fingerprint density at radius 1 is 0.920 bits per heavy atom. The molecule has 4 heteroatoms. The van der Waals surface area contributed by atoms with Gasteiger partial charge < -0.3 is 9.16 Å². The smallest absolute Gasteiger partial charge is 0.200 e. The van der Waals surface area contributed by atoms with Crippen molar-refractivity contribution in [2.24, 2.45) is 0 Å². The quantitative estimate of drug-likeness (QED) is 0.328. The maximum atomic E-state index is 6.75. The summed E-state index contributed by atoms with van der Waals surface area (Å²) in [5, 5.41) is 2.34. The van der Waals surface area contributed by atoms with Gasteiger partial charge in [0.05, 0.1) is 6.61 Å². The molecule has 0 amide bonds. The van der Waals surface area contributed by atoms with E-state index in [0.717, 1.165) is 11.1 Å². The van der Waals surface area contributed by atoms with Gasteiger partial charge in [-0.15, -0.1) is 0 Å². The van der Waals surface area contributed by atoms with Crippen LogP contribution in [0.25, 0.3) is 10.8 Å². The van der Waals surface area contributed by atoms with Crippen LogP contribution in [0.2, 0.25) is 16.6 Å². The summed E-state index contributed by atoms with van der Waals surface area (Å²) in [4.78, 5) is 0. The molecule has 0 unspecified atom stereocenters. The average Bonchev–Trinajstić information content (AvgIpc) is 2.54. The minimum absolute atomic E-state index is 0.490. The van der Waals surface area contributed by atoms with Crippen molar-refractivity contribution < 1.29 is 9.16 Å². The van der Waals surface area contributed by atoms with E-state index in [9.17, 15) is 0 Å². The highest BCUT2D eigenvalue weighted by Crippen LogP contribution is 2.43. The van der Waals surface area contributed by atoms with Gasteiger partial charge in [0.2, 0.25) is 8.32 Å². The highest BCUT2D eigenvalue weighted by Gasteiger charge is 2.44. The first-order chi connectivity index (χ1) is 11.8. The number of ether oxygens (including phenoxy) is 1. The van der Waals surface area contributed by atoms with Crippen LogP contribution in [0.3, 0.4) is 0 Å². The number of hydrogen-bond donors (Lipinski definition) is 0. The lowest BCUT2D eigenvalue weighted by Gasteiger charge is -2.42. The normalized spacial score (nSPS) is 12.6. The van der Waals surface area contributed by atoms with Crippen LogP contribution in [-0.2, 0) is 11.0 Å². The van der Waals surface area contributed by atoms with E-state index >= 15 is 0 Å². The molecule has 25 heavy (non-hydrogen) atoms. The minimum atomic E-state index is -1.86. The zero-order valence-electron chi connectivity index (χ0n) is 16.3. The fraction of sp³-hybridized carbons (Fsp3) is 0.524. The zero-order chi connectivity index (χ0) is 18.6. The first kappa shape index (κ1) is 20.5. The van der Waals surface area contributed by atoms with E-state index in [1.165, 1.54) is 10.9 Å². The van der Waals surface area contributed by atoms with Gasteiger partial charge in [0.1, 0.15) is 11.3 Å². The van der Waals surface area contributed by atoms with Crippen molar-refractivity contribution in [3.05, 3.63) is 42.0 Å². The first-order valence-corrected chi connectivity index (χ1v) is 12.4. The number of halogens is 1. The summed E-state index contributed by atoms with van der Waals surface area (Å²) in [5.74, 6) is 0.916. The topological polar surface area (TPSA) is 18.5 Å². The van der Waals surface area contributed by atoms with Crippen molar-refractivity contribution in [3.8, 4) is 5.75 Å². The van der Waals surface area contributed by atoms with Gasteiger partial charge in [-0.1, -0.05) is 65.8 Å². The van der Waals surface area contributed by atoms with Crippen LogP contribution < -0.4 is 4.74 Å². The Morgan fingerprint density at radius 2 is 1.52 bits per heavy atom. The Hall–Kier alpha value is -0.843. The summed E-state index contributed by atoms with van der Waals surface area (Å²) in [6.07, 6.45) is 0. The molecule has 0 saturated heterocycles. The van der Waals surface area contributed by atoms with Crippen molar-refractivity contribution in [1.29, 1.82) is 0 Å². The molecule has 2 rings (SSSR count). The molecule has 0 fully saturated rings. The second-order valence-corrected chi connectivity index (χ2v) is 13.6. The van der Waals surface area contributed by atoms with Gasteiger partial charge in [0.25, 0.3) is 0 Å². The highest BCUT2D eigenvalue weighted by atomic mass is 79.9. The maximum absolute atomic E-state index is 6.75. The standard InChI is InChI=1S/C21H31BrO2Si/c1-15(2)25(16(3)4,17(5)6)24-13-18-11-19-9-7-8-10-20(19)21(12-18)23-14-22/h7-12,15-17H,13-14H2,1-6H3. The summed E-state index contributed by atoms with van der Waals surface area (Å²) in [7, 11) is -1.86. The van der Waals surface area contributed by atoms with E-state index < -0.39 is 8.32 Å². The van der Waals surface area contributed by atoms with Crippen LogP contribution in [0.4, 0.5) is 0 Å². The Bertz CT molecular complexity index is 676. The lowest BCUT2D eigenvalue weighted by atomic mass is 10.1. The minimum Gasteiger partial charge on any atom is -0.482 e. The van der Waals surface area contributed by atoms with Crippen molar-refractivity contribution >= 4 is 35.0 Å². The summed E-state index contributed by atoms with van der Waals surface area (Å²) in [6.45, 7) is 14.6. The second kappa shape index (κ2) is 8.70. The maximum Gasteiger partial charge on any atom is 0.200 e. The molecule has 0 heterocycles. The van der Waals surface area contributed by atoms with Crippen LogP contribution in [0.1, 0.15) is 47.1 Å². The Labute approximate surface area is 162 Å². The summed E-state index contributed by atoms with van der Waals surface area (Å²) in [6, 6.07) is 12.7. The Morgan fingerprint density at radius 3 is 2.08 bits per heavy atom. The SMILES string of the molecule is CC(C)[Si](OCc1cc(OCBr)c2ccccc2c1)(C(C)C)C(C)C. The zero-order valence-corrected chi connectivity index (χ0v) is 18.9. The van der Waals surface area contributed by atoms with Crippen LogP contribution in [0.15, 0.2) is 36.4 Å². The average molecular weight is 423 g/mol. The largest absolute Gasteiger partial charge is 0.482 e. The molecule has 2 nitrogen and oxygen atoms in total. The molecule has 0 atom stereocenters. The highest BCUT2D eigenvalue weighted by molar-refractivity contribution is 9.09. The monoisotopic (exact) mass is 422 g/mol. The van der Waals surface area contributed by atoms with E-state index in [1.807, 2.05) is 6.07 Å². The predicted molar refractivity (Wildman–Crippen MR) is 114 cm³/mol. The van der Waals surface area contributed by atoms with Gasteiger partial charge in [-0.3, -0.25) is 0 Å². The molecule has 0 radical (unpaired) electrons. The lowest BCUT2D eigenvalue weighted by molar-refractivity contribution is 0.265. The van der Waals surface area contributed by atoms with Crippen molar-refractivity contribution in [1.82, 2.24) is 0 Å². The molecule has 2 aromatic carbocycles. The van der Waals surface area contributed by atoms with Crippen LogP contribution in [0, 0.1) is 0 Å². The summed E-state index contributed by atoms with van der Waals surface area (Å²) < 4.78 is 12.6. The predicted octanol–water partition coefficient (Wildman–Crippen LogP) is 7.26. The van der Waals surface area contributed by atoms with Gasteiger partial charge in [0.15, 0.2) is 0 Å². The molecular formula is C21H31BrO2Si. The number of rotatable bonds is 8. The molecule has 0 aliphatic heterocycles. The number of alkyl halides is 1. The fourth-order valence-corrected chi connectivity index (χ4v) is 9.97. The third-order valence-electron chi connectivity index (χ3n) is 5.29. The second-order valence-electron chi connectivity index (χ2n) is 7.67. The van der Waals surface area contributed by atoms with Gasteiger partial charge in [0, 0.05) is 5.39 Å².